The number of hydrogen-bond acceptors (Lipinski definition) is 0. The van der Waals surface area contributed by atoms with Crippen molar-refractivity contribution in [2.75, 3.05) is 0 Å². The van der Waals surface area contributed by atoms with Gasteiger partial charge in [-0.15, -0.1) is 6.58 Å². The molecule has 0 aromatic carbocycles. The van der Waals surface area contributed by atoms with Crippen molar-refractivity contribution in [3.63, 3.8) is 0 Å². The van der Waals surface area contributed by atoms with E-state index in [2.05, 4.69) is 85.0 Å². The van der Waals surface area contributed by atoms with Crippen LogP contribution >= 0.6 is 15.9 Å². The molecule has 0 N–H and O–H groups in total. The first kappa shape index (κ1) is 15.0. The lowest BCUT2D eigenvalue weighted by Gasteiger charge is -2.17. The van der Waals surface area contributed by atoms with Crippen LogP contribution in [-0.4, -0.2) is 0 Å². The molecule has 0 nitrogen and oxygen atoms in total. The predicted molar refractivity (Wildman–Crippen MR) is 85.7 cm³/mol. The topological polar surface area (TPSA) is 0 Å². The molecule has 0 saturated heterocycles. The van der Waals surface area contributed by atoms with Crippen LogP contribution in [0.25, 0.3) is 0 Å². The minimum Gasteiger partial charge on any atom is -0.102 e. The predicted octanol–water partition coefficient (Wildman–Crippen LogP) is 5.72. The van der Waals surface area contributed by atoms with E-state index in [1.165, 1.54) is 5.57 Å². The summed E-state index contributed by atoms with van der Waals surface area (Å²) in [4.78, 5) is 0. The first-order valence-electron chi connectivity index (χ1n) is 6.32. The number of rotatable bonds is 2. The van der Waals surface area contributed by atoms with Gasteiger partial charge in [0.2, 0.25) is 0 Å². The fraction of sp³-hybridized carbons (Fsp3) is 0.294. The molecule has 0 saturated carbocycles. The van der Waals surface area contributed by atoms with Gasteiger partial charge in [-0.2, -0.15) is 0 Å². The summed E-state index contributed by atoms with van der Waals surface area (Å²) in [6.45, 7) is 8.09. The maximum Gasteiger partial charge on any atom is 0.00130 e. The molecular weight excluding hydrogens is 284 g/mol. The lowest BCUT2D eigenvalue weighted by atomic mass is 9.87. The Kier molecular flexibility index (Phi) is 6.74. The van der Waals surface area contributed by atoms with Gasteiger partial charge in [-0.05, 0) is 36.2 Å². The SMILES string of the molecule is C=CC1\C=C/C(=C(\C)Br)/C=C\C=C/CC1/C=C\C. The molecule has 96 valence electrons. The van der Waals surface area contributed by atoms with Crippen LogP contribution < -0.4 is 0 Å². The molecule has 0 aromatic rings. The third-order valence-corrected chi connectivity index (χ3v) is 3.49. The molecule has 0 amide bonds. The van der Waals surface area contributed by atoms with Crippen molar-refractivity contribution in [3.8, 4) is 0 Å². The first-order valence-corrected chi connectivity index (χ1v) is 7.11. The van der Waals surface area contributed by atoms with Gasteiger partial charge < -0.3 is 0 Å². The van der Waals surface area contributed by atoms with Gasteiger partial charge >= 0.3 is 0 Å². The Morgan fingerprint density at radius 2 is 2.17 bits per heavy atom. The van der Waals surface area contributed by atoms with Gasteiger partial charge in [0.15, 0.2) is 0 Å². The van der Waals surface area contributed by atoms with Crippen molar-refractivity contribution in [2.24, 2.45) is 11.8 Å². The highest BCUT2D eigenvalue weighted by Crippen LogP contribution is 2.24. The zero-order valence-corrected chi connectivity index (χ0v) is 12.7. The third-order valence-electron chi connectivity index (χ3n) is 3.03. The fourth-order valence-electron chi connectivity index (χ4n) is 1.98. The third kappa shape index (κ3) is 4.66. The van der Waals surface area contributed by atoms with E-state index in [1.54, 1.807) is 0 Å². The fourth-order valence-corrected chi connectivity index (χ4v) is 2.25. The van der Waals surface area contributed by atoms with Crippen molar-refractivity contribution in [3.05, 3.63) is 71.3 Å². The minimum absolute atomic E-state index is 0.374. The summed E-state index contributed by atoms with van der Waals surface area (Å²) in [6, 6.07) is 0. The van der Waals surface area contributed by atoms with Crippen LogP contribution in [-0.2, 0) is 0 Å². The Balaban J connectivity index is 3.10. The van der Waals surface area contributed by atoms with E-state index in [0.717, 1.165) is 10.9 Å². The molecule has 18 heavy (non-hydrogen) atoms. The number of allylic oxidation sites excluding steroid dienone is 11. The molecule has 0 fully saturated rings. The second kappa shape index (κ2) is 8.10. The van der Waals surface area contributed by atoms with Crippen LogP contribution in [0.5, 0.6) is 0 Å². The summed E-state index contributed by atoms with van der Waals surface area (Å²) < 4.78 is 1.15. The largest absolute Gasteiger partial charge is 0.102 e. The van der Waals surface area contributed by atoms with E-state index in [1.807, 2.05) is 6.08 Å². The Bertz CT molecular complexity index is 415. The lowest BCUT2D eigenvalue weighted by Crippen LogP contribution is -2.07. The molecule has 0 bridgehead atoms. The van der Waals surface area contributed by atoms with Crippen LogP contribution in [0.3, 0.4) is 0 Å². The molecule has 0 aromatic heterocycles. The highest BCUT2D eigenvalue weighted by atomic mass is 79.9. The van der Waals surface area contributed by atoms with E-state index < -0.39 is 0 Å². The van der Waals surface area contributed by atoms with E-state index in [0.29, 0.717) is 11.8 Å². The molecule has 0 spiro atoms. The van der Waals surface area contributed by atoms with Gasteiger partial charge in [0, 0.05) is 5.92 Å². The highest BCUT2D eigenvalue weighted by Gasteiger charge is 2.12. The number of hydrogen-bond donors (Lipinski definition) is 0. The first-order chi connectivity index (χ1) is 8.69. The summed E-state index contributed by atoms with van der Waals surface area (Å²) in [5.41, 5.74) is 1.20. The van der Waals surface area contributed by atoms with Gasteiger partial charge in [-0.1, -0.05) is 70.6 Å². The Labute approximate surface area is 119 Å². The molecule has 1 rings (SSSR count). The average molecular weight is 305 g/mol. The standard InChI is InChI=1S/C17H21Br/c1-4-9-17-11-8-6-7-10-16(14(3)18)13-12-15(17)5-2/h4-10,12-13,15,17H,2,11H2,1,3H3/b8-6-,9-4-,10-7-,13-12-,16-14+. The van der Waals surface area contributed by atoms with Gasteiger partial charge in [0.05, 0.1) is 0 Å². The molecule has 0 aliphatic heterocycles. The van der Waals surface area contributed by atoms with Gasteiger partial charge in [0.1, 0.15) is 0 Å². The maximum atomic E-state index is 3.96. The van der Waals surface area contributed by atoms with Crippen LogP contribution in [0.1, 0.15) is 20.3 Å². The van der Waals surface area contributed by atoms with Crippen molar-refractivity contribution >= 4 is 15.9 Å². The summed E-state index contributed by atoms with van der Waals surface area (Å²) in [6.07, 6.45) is 20.4. The quantitative estimate of drug-likeness (QED) is 0.572. The monoisotopic (exact) mass is 304 g/mol. The maximum absolute atomic E-state index is 3.96. The van der Waals surface area contributed by atoms with E-state index in [4.69, 9.17) is 0 Å². The summed E-state index contributed by atoms with van der Waals surface area (Å²) in [7, 11) is 0. The zero-order chi connectivity index (χ0) is 13.4. The summed E-state index contributed by atoms with van der Waals surface area (Å²) in [5.74, 6) is 0.864. The van der Waals surface area contributed by atoms with Gasteiger partial charge in [-0.3, -0.25) is 0 Å². The van der Waals surface area contributed by atoms with Crippen LogP contribution in [0, 0.1) is 11.8 Å². The molecule has 2 atom stereocenters. The van der Waals surface area contributed by atoms with Gasteiger partial charge in [-0.25, -0.2) is 0 Å². The minimum atomic E-state index is 0.374. The van der Waals surface area contributed by atoms with Crippen LogP contribution in [0.2, 0.25) is 0 Å². The van der Waals surface area contributed by atoms with E-state index in [9.17, 15) is 0 Å². The van der Waals surface area contributed by atoms with E-state index >= 15 is 0 Å². The normalized spacial score (nSPS) is 32.8. The van der Waals surface area contributed by atoms with E-state index in [-0.39, 0.29) is 0 Å². The smallest absolute Gasteiger partial charge is 0.00130 e. The van der Waals surface area contributed by atoms with Crippen molar-refractivity contribution in [1.29, 1.82) is 0 Å². The highest BCUT2D eigenvalue weighted by molar-refractivity contribution is 9.11. The molecule has 1 aliphatic carbocycles. The van der Waals surface area contributed by atoms with Gasteiger partial charge in [0.25, 0.3) is 0 Å². The molecule has 0 radical (unpaired) electrons. The second-order valence-electron chi connectivity index (χ2n) is 4.37. The second-order valence-corrected chi connectivity index (χ2v) is 5.56. The average Bonchev–Trinajstić information content (AvgIpc) is 2.36. The molecule has 2 unspecified atom stereocenters. The van der Waals surface area contributed by atoms with Crippen LogP contribution in [0.4, 0.5) is 0 Å². The van der Waals surface area contributed by atoms with Crippen molar-refractivity contribution in [1.82, 2.24) is 0 Å². The number of halogens is 1. The summed E-state index contributed by atoms with van der Waals surface area (Å²) >= 11 is 3.54. The Morgan fingerprint density at radius 1 is 1.39 bits per heavy atom. The lowest BCUT2D eigenvalue weighted by molar-refractivity contribution is 0.564. The Hall–Kier alpha value is -1.08. The zero-order valence-electron chi connectivity index (χ0n) is 11.1. The molecule has 0 heterocycles. The van der Waals surface area contributed by atoms with Crippen molar-refractivity contribution < 1.29 is 0 Å². The van der Waals surface area contributed by atoms with Crippen LogP contribution in [0.15, 0.2) is 71.3 Å². The van der Waals surface area contributed by atoms with Crippen molar-refractivity contribution in [2.45, 2.75) is 20.3 Å². The summed E-state index contributed by atoms with van der Waals surface area (Å²) in [5, 5.41) is 0. The molecule has 1 heteroatoms. The molecular formula is C17H21Br. The Morgan fingerprint density at radius 3 is 2.78 bits per heavy atom. The molecule has 1 aliphatic rings.